The highest BCUT2D eigenvalue weighted by atomic mass is 32.2. The van der Waals surface area contributed by atoms with Crippen molar-refractivity contribution in [2.24, 2.45) is 0 Å². The maximum Gasteiger partial charge on any atom is 0.127 e. The zero-order chi connectivity index (χ0) is 27.6. The molecule has 0 amide bonds. The van der Waals surface area contributed by atoms with Crippen LogP contribution in [0, 0.1) is 0 Å². The third-order valence-electron chi connectivity index (χ3n) is 7.19. The van der Waals surface area contributed by atoms with Gasteiger partial charge < -0.3 is 4.74 Å². The second-order valence-electron chi connectivity index (χ2n) is 10.2. The average Bonchev–Trinajstić information content (AvgIpc) is 3.00. The topological polar surface area (TPSA) is 38.3 Å². The van der Waals surface area contributed by atoms with Crippen molar-refractivity contribution >= 4 is 32.5 Å². The molecule has 0 fully saturated rings. The van der Waals surface area contributed by atoms with Gasteiger partial charge in [0, 0.05) is 17.2 Å². The van der Waals surface area contributed by atoms with E-state index in [4.69, 9.17) is 4.74 Å². The molecular formula is C36H31NO2S. The highest BCUT2D eigenvalue weighted by Gasteiger charge is 2.22. The van der Waals surface area contributed by atoms with Gasteiger partial charge in [-0.15, -0.1) is 0 Å². The van der Waals surface area contributed by atoms with Crippen molar-refractivity contribution < 1.29 is 8.95 Å². The second-order valence-corrected chi connectivity index (χ2v) is 11.4. The van der Waals surface area contributed by atoms with Gasteiger partial charge in [0.15, 0.2) is 0 Å². The van der Waals surface area contributed by atoms with Crippen molar-refractivity contribution in [2.75, 3.05) is 7.11 Å². The van der Waals surface area contributed by atoms with Crippen LogP contribution < -0.4 is 9.46 Å². The van der Waals surface area contributed by atoms with Gasteiger partial charge >= 0.3 is 0 Å². The van der Waals surface area contributed by atoms with Crippen LogP contribution in [-0.2, 0) is 11.0 Å². The van der Waals surface area contributed by atoms with Crippen LogP contribution >= 0.6 is 0 Å². The van der Waals surface area contributed by atoms with Crippen LogP contribution in [0.25, 0.3) is 54.9 Å². The van der Waals surface area contributed by atoms with E-state index in [0.29, 0.717) is 0 Å². The lowest BCUT2D eigenvalue weighted by molar-refractivity contribution is 0.417. The van der Waals surface area contributed by atoms with Gasteiger partial charge in [-0.2, -0.15) is 0 Å². The van der Waals surface area contributed by atoms with Crippen LogP contribution in [0.4, 0.5) is 0 Å². The number of ether oxygens (including phenoxy) is 1. The van der Waals surface area contributed by atoms with Crippen molar-refractivity contribution in [1.82, 2.24) is 4.72 Å². The van der Waals surface area contributed by atoms with Gasteiger partial charge in [0.25, 0.3) is 0 Å². The van der Waals surface area contributed by atoms with Crippen LogP contribution in [0.5, 0.6) is 5.75 Å². The first-order chi connectivity index (χ1) is 19.5. The first-order valence-electron chi connectivity index (χ1n) is 13.5. The molecule has 6 aromatic rings. The number of hydrogen-bond acceptors (Lipinski definition) is 2. The average molecular weight is 542 g/mol. The summed E-state index contributed by atoms with van der Waals surface area (Å²) in [4.78, 5) is 0.742. The molecule has 3 nitrogen and oxygen atoms in total. The van der Waals surface area contributed by atoms with Gasteiger partial charge in [0.1, 0.15) is 16.7 Å². The summed E-state index contributed by atoms with van der Waals surface area (Å²) in [6, 6.07) is 42.1. The quantitative estimate of drug-likeness (QED) is 0.219. The van der Waals surface area contributed by atoms with E-state index in [2.05, 4.69) is 102 Å². The molecular weight excluding hydrogens is 510 g/mol. The fraction of sp³-hybridized carbons (Fsp3) is 0.111. The minimum atomic E-state index is -1.42. The Balaban J connectivity index is 1.63. The second kappa shape index (κ2) is 11.1. The Morgan fingerprint density at radius 3 is 1.65 bits per heavy atom. The van der Waals surface area contributed by atoms with E-state index in [1.165, 1.54) is 5.56 Å². The van der Waals surface area contributed by atoms with Gasteiger partial charge in [-0.05, 0) is 81.9 Å². The summed E-state index contributed by atoms with van der Waals surface area (Å²) in [5, 5.41) is 4.28. The summed E-state index contributed by atoms with van der Waals surface area (Å²) < 4.78 is 22.9. The smallest absolute Gasteiger partial charge is 0.127 e. The number of methoxy groups -OCH3 is 1. The molecule has 4 heteroatoms. The van der Waals surface area contributed by atoms with Crippen LogP contribution in [0.15, 0.2) is 126 Å². The molecule has 0 radical (unpaired) electrons. The molecule has 0 heterocycles. The van der Waals surface area contributed by atoms with Crippen molar-refractivity contribution in [3.63, 3.8) is 0 Å². The van der Waals surface area contributed by atoms with Crippen LogP contribution in [-0.4, -0.2) is 17.4 Å². The molecule has 0 bridgehead atoms. The van der Waals surface area contributed by atoms with E-state index in [0.717, 1.165) is 60.0 Å². The molecule has 40 heavy (non-hydrogen) atoms. The molecule has 6 rings (SSSR count). The predicted octanol–water partition coefficient (Wildman–Crippen LogP) is 9.02. The van der Waals surface area contributed by atoms with Crippen LogP contribution in [0.3, 0.4) is 0 Å². The van der Waals surface area contributed by atoms with Crippen molar-refractivity contribution in [3.8, 4) is 39.1 Å². The lowest BCUT2D eigenvalue weighted by Gasteiger charge is -2.20. The number of nitrogens with one attached hydrogen (secondary N) is 1. The Hall–Kier alpha value is -4.25. The van der Waals surface area contributed by atoms with Crippen molar-refractivity contribution in [1.29, 1.82) is 0 Å². The molecule has 0 spiro atoms. The van der Waals surface area contributed by atoms with Crippen LogP contribution in [0.2, 0.25) is 0 Å². The van der Waals surface area contributed by atoms with E-state index in [1.807, 2.05) is 38.1 Å². The SMILES string of the molecule is COc1ccc2cc(-c3ccccc3)ccc2c1-c1c(S(=O)NC(C)C)ccc2cc(-c3ccccc3)ccc12. The monoisotopic (exact) mass is 541 g/mol. The summed E-state index contributed by atoms with van der Waals surface area (Å²) >= 11 is 0. The summed E-state index contributed by atoms with van der Waals surface area (Å²) in [6.07, 6.45) is 0. The molecule has 1 unspecified atom stereocenters. The largest absolute Gasteiger partial charge is 0.496 e. The minimum absolute atomic E-state index is 0.0627. The molecule has 0 aliphatic heterocycles. The molecule has 198 valence electrons. The highest BCUT2D eigenvalue weighted by Crippen LogP contribution is 2.44. The summed E-state index contributed by atoms with van der Waals surface area (Å²) in [6.45, 7) is 4.02. The predicted molar refractivity (Wildman–Crippen MR) is 169 cm³/mol. The molecule has 0 aromatic heterocycles. The first kappa shape index (κ1) is 26.0. The van der Waals surface area contributed by atoms with Gasteiger partial charge in [-0.25, -0.2) is 8.93 Å². The molecule has 1 atom stereocenters. The zero-order valence-electron chi connectivity index (χ0n) is 22.8. The molecule has 0 saturated carbocycles. The normalized spacial score (nSPS) is 12.2. The Bertz CT molecular complexity index is 1850. The Morgan fingerprint density at radius 2 is 1.12 bits per heavy atom. The van der Waals surface area contributed by atoms with Crippen molar-refractivity contribution in [2.45, 2.75) is 24.8 Å². The van der Waals surface area contributed by atoms with E-state index in [9.17, 15) is 4.21 Å². The lowest BCUT2D eigenvalue weighted by atomic mass is 9.90. The highest BCUT2D eigenvalue weighted by molar-refractivity contribution is 7.83. The molecule has 0 aliphatic carbocycles. The van der Waals surface area contributed by atoms with E-state index < -0.39 is 11.0 Å². The Morgan fingerprint density at radius 1 is 0.600 bits per heavy atom. The molecule has 0 saturated heterocycles. The third kappa shape index (κ3) is 4.92. The number of fused-ring (bicyclic) bond motifs is 2. The lowest BCUT2D eigenvalue weighted by Crippen LogP contribution is -2.25. The van der Waals surface area contributed by atoms with Gasteiger partial charge in [0.2, 0.25) is 0 Å². The van der Waals surface area contributed by atoms with Gasteiger partial charge in [-0.3, -0.25) is 0 Å². The van der Waals surface area contributed by atoms with Crippen molar-refractivity contribution in [3.05, 3.63) is 121 Å². The fourth-order valence-corrected chi connectivity index (χ4v) is 6.50. The van der Waals surface area contributed by atoms with Gasteiger partial charge in [0.05, 0.1) is 12.0 Å². The number of benzene rings is 6. The fourth-order valence-electron chi connectivity index (χ4n) is 5.36. The minimum Gasteiger partial charge on any atom is -0.496 e. The van der Waals surface area contributed by atoms with E-state index >= 15 is 0 Å². The Labute approximate surface area is 238 Å². The molecule has 1 N–H and O–H groups in total. The number of rotatable bonds is 7. The maximum absolute atomic E-state index is 13.7. The third-order valence-corrected chi connectivity index (χ3v) is 8.61. The summed E-state index contributed by atoms with van der Waals surface area (Å²) in [7, 11) is 0.283. The number of hydrogen-bond donors (Lipinski definition) is 1. The summed E-state index contributed by atoms with van der Waals surface area (Å²) in [5.74, 6) is 0.752. The van der Waals surface area contributed by atoms with E-state index in [1.54, 1.807) is 7.11 Å². The van der Waals surface area contributed by atoms with Gasteiger partial charge in [-0.1, -0.05) is 97.1 Å². The summed E-state index contributed by atoms with van der Waals surface area (Å²) in [5.41, 5.74) is 6.51. The molecule has 6 aromatic carbocycles. The van der Waals surface area contributed by atoms with E-state index in [-0.39, 0.29) is 6.04 Å². The Kier molecular flexibility index (Phi) is 7.21. The maximum atomic E-state index is 13.7. The van der Waals surface area contributed by atoms with Crippen LogP contribution in [0.1, 0.15) is 13.8 Å². The molecule has 0 aliphatic rings. The zero-order valence-corrected chi connectivity index (χ0v) is 23.7. The standard InChI is InChI=1S/C36H31NO2S/c1-24(2)37-40(38)34-21-17-30-23-28(26-12-8-5-9-13-26)15-19-32(30)36(34)35-31-18-14-27(25-10-6-4-7-11-25)22-29(31)16-20-33(35)39-3/h4-24,37H,1-3H3. The first-order valence-corrected chi connectivity index (χ1v) is 14.6.